The van der Waals surface area contributed by atoms with Gasteiger partial charge in [-0.2, -0.15) is 0 Å². The summed E-state index contributed by atoms with van der Waals surface area (Å²) in [5.74, 6) is 7.69. The molecule has 4 nitrogen and oxygen atoms in total. The molecule has 4 heteroatoms. The molecule has 0 spiro atoms. The van der Waals surface area contributed by atoms with Crippen LogP contribution in [0, 0.1) is 23.2 Å². The van der Waals surface area contributed by atoms with Crippen LogP contribution in [-0.2, 0) is 4.79 Å². The van der Waals surface area contributed by atoms with Crippen LogP contribution in [0.2, 0.25) is 0 Å². The van der Waals surface area contributed by atoms with Crippen LogP contribution in [-0.4, -0.2) is 11.9 Å². The van der Waals surface area contributed by atoms with E-state index in [0.29, 0.717) is 5.41 Å². The summed E-state index contributed by atoms with van der Waals surface area (Å²) < 4.78 is 0. The van der Waals surface area contributed by atoms with E-state index in [9.17, 15) is 4.79 Å². The molecule has 96 valence electrons. The van der Waals surface area contributed by atoms with Gasteiger partial charge in [0.15, 0.2) is 0 Å². The van der Waals surface area contributed by atoms with Gasteiger partial charge in [0.05, 0.1) is 6.04 Å². The Bertz CT molecular complexity index is 293. The molecule has 4 bridgehead atoms. The minimum Gasteiger partial charge on any atom is -0.320 e. The fraction of sp³-hybridized carbons (Fsp3) is 0.923. The maximum atomic E-state index is 11.5. The standard InChI is InChI=1S/C13H23N3O/c14-11(12(17)16-15)7-13-4-8-1-9(5-13)3-10(2-8)6-13/h8-11H,1-7,14-15H2,(H,16,17). The summed E-state index contributed by atoms with van der Waals surface area (Å²) in [6.45, 7) is 0. The van der Waals surface area contributed by atoms with Crippen molar-refractivity contribution in [3.8, 4) is 0 Å². The van der Waals surface area contributed by atoms with Crippen LogP contribution in [0.3, 0.4) is 0 Å². The fourth-order valence-corrected chi connectivity index (χ4v) is 5.21. The van der Waals surface area contributed by atoms with Crippen LogP contribution in [0.25, 0.3) is 0 Å². The highest BCUT2D eigenvalue weighted by molar-refractivity contribution is 5.80. The van der Waals surface area contributed by atoms with Crippen LogP contribution in [0.1, 0.15) is 44.9 Å². The zero-order chi connectivity index (χ0) is 12.0. The molecule has 4 aliphatic rings. The van der Waals surface area contributed by atoms with Gasteiger partial charge in [0, 0.05) is 0 Å². The maximum Gasteiger partial charge on any atom is 0.250 e. The lowest BCUT2D eigenvalue weighted by molar-refractivity contribution is -0.125. The molecule has 4 aliphatic carbocycles. The Labute approximate surface area is 102 Å². The minimum absolute atomic E-state index is 0.208. The average Bonchev–Trinajstić information content (AvgIpc) is 2.25. The third kappa shape index (κ3) is 1.97. The predicted octanol–water partition coefficient (Wildman–Crippen LogP) is 0.910. The Kier molecular flexibility index (Phi) is 2.67. The molecule has 0 saturated heterocycles. The summed E-state index contributed by atoms with van der Waals surface area (Å²) in [6.07, 6.45) is 9.01. The number of hydrazine groups is 1. The Morgan fingerprint density at radius 1 is 1.18 bits per heavy atom. The van der Waals surface area contributed by atoms with E-state index < -0.39 is 6.04 Å². The van der Waals surface area contributed by atoms with Gasteiger partial charge >= 0.3 is 0 Å². The van der Waals surface area contributed by atoms with E-state index in [1.165, 1.54) is 38.5 Å². The van der Waals surface area contributed by atoms with E-state index in [4.69, 9.17) is 11.6 Å². The molecule has 0 aromatic heterocycles. The summed E-state index contributed by atoms with van der Waals surface area (Å²) in [6, 6.07) is -0.420. The highest BCUT2D eigenvalue weighted by Crippen LogP contribution is 2.61. The van der Waals surface area contributed by atoms with E-state index in [2.05, 4.69) is 5.43 Å². The van der Waals surface area contributed by atoms with Crippen molar-refractivity contribution in [1.82, 2.24) is 5.43 Å². The van der Waals surface area contributed by atoms with E-state index >= 15 is 0 Å². The second kappa shape index (κ2) is 3.95. The van der Waals surface area contributed by atoms with E-state index in [0.717, 1.165) is 24.2 Å². The normalized spacial score (nSPS) is 44.7. The molecule has 17 heavy (non-hydrogen) atoms. The first-order chi connectivity index (χ1) is 8.10. The van der Waals surface area contributed by atoms with Gasteiger partial charge in [-0.3, -0.25) is 10.2 Å². The summed E-state index contributed by atoms with van der Waals surface area (Å²) in [7, 11) is 0. The molecule has 1 amide bonds. The zero-order valence-corrected chi connectivity index (χ0v) is 10.3. The molecule has 0 heterocycles. The first-order valence-corrected chi connectivity index (χ1v) is 6.86. The molecular weight excluding hydrogens is 214 g/mol. The molecule has 5 N–H and O–H groups in total. The van der Waals surface area contributed by atoms with Gasteiger partial charge in [-0.05, 0) is 68.1 Å². The van der Waals surface area contributed by atoms with Crippen molar-refractivity contribution in [2.24, 2.45) is 34.7 Å². The van der Waals surface area contributed by atoms with Gasteiger partial charge < -0.3 is 5.73 Å². The monoisotopic (exact) mass is 237 g/mol. The highest BCUT2D eigenvalue weighted by Gasteiger charge is 2.51. The number of hydrogen-bond acceptors (Lipinski definition) is 3. The largest absolute Gasteiger partial charge is 0.320 e. The van der Waals surface area contributed by atoms with Crippen molar-refractivity contribution in [2.75, 3.05) is 0 Å². The molecule has 4 saturated carbocycles. The van der Waals surface area contributed by atoms with Crippen molar-refractivity contribution in [2.45, 2.75) is 51.0 Å². The second-order valence-corrected chi connectivity index (χ2v) is 6.74. The van der Waals surface area contributed by atoms with Crippen molar-refractivity contribution in [3.05, 3.63) is 0 Å². The summed E-state index contributed by atoms with van der Waals surface area (Å²) in [5, 5.41) is 0. The number of carbonyl (C=O) groups excluding carboxylic acids is 1. The molecule has 0 aromatic rings. The van der Waals surface area contributed by atoms with E-state index in [-0.39, 0.29) is 5.91 Å². The third-order valence-electron chi connectivity index (χ3n) is 5.30. The molecule has 1 atom stereocenters. The van der Waals surface area contributed by atoms with Crippen LogP contribution < -0.4 is 17.0 Å². The summed E-state index contributed by atoms with van der Waals surface area (Å²) >= 11 is 0. The maximum absolute atomic E-state index is 11.5. The lowest BCUT2D eigenvalue weighted by Gasteiger charge is -2.57. The van der Waals surface area contributed by atoms with Crippen molar-refractivity contribution in [1.29, 1.82) is 0 Å². The molecular formula is C13H23N3O. The molecule has 0 aromatic carbocycles. The summed E-state index contributed by atoms with van der Waals surface area (Å²) in [5.41, 5.74) is 8.50. The van der Waals surface area contributed by atoms with Crippen LogP contribution in [0.4, 0.5) is 0 Å². The molecule has 4 fully saturated rings. The lowest BCUT2D eigenvalue weighted by Crippen LogP contribution is -2.52. The quantitative estimate of drug-likeness (QED) is 0.388. The topological polar surface area (TPSA) is 81.1 Å². The fourth-order valence-electron chi connectivity index (χ4n) is 5.21. The van der Waals surface area contributed by atoms with Gasteiger partial charge in [-0.15, -0.1) is 0 Å². The van der Waals surface area contributed by atoms with Gasteiger partial charge in [0.25, 0.3) is 5.91 Å². The predicted molar refractivity (Wildman–Crippen MR) is 65.5 cm³/mol. The average molecular weight is 237 g/mol. The number of hydrogen-bond donors (Lipinski definition) is 3. The van der Waals surface area contributed by atoms with E-state index in [1.54, 1.807) is 0 Å². The van der Waals surface area contributed by atoms with Crippen LogP contribution in [0.15, 0.2) is 0 Å². The third-order valence-corrected chi connectivity index (χ3v) is 5.30. The molecule has 1 unspecified atom stereocenters. The highest BCUT2D eigenvalue weighted by atomic mass is 16.2. The molecule has 0 radical (unpaired) electrons. The first kappa shape index (κ1) is 11.5. The van der Waals surface area contributed by atoms with Crippen LogP contribution in [0.5, 0.6) is 0 Å². The second-order valence-electron chi connectivity index (χ2n) is 6.74. The smallest absolute Gasteiger partial charge is 0.250 e. The number of rotatable bonds is 3. The van der Waals surface area contributed by atoms with Crippen LogP contribution >= 0.6 is 0 Å². The van der Waals surface area contributed by atoms with Crippen molar-refractivity contribution < 1.29 is 4.79 Å². The number of nitrogens with one attached hydrogen (secondary N) is 1. The SMILES string of the molecule is NNC(=O)C(N)CC12CC3CC(CC(C3)C1)C2. The number of nitrogens with two attached hydrogens (primary N) is 2. The molecule has 4 rings (SSSR count). The van der Waals surface area contributed by atoms with Crippen molar-refractivity contribution in [3.63, 3.8) is 0 Å². The Morgan fingerprint density at radius 3 is 2.06 bits per heavy atom. The van der Waals surface area contributed by atoms with Crippen molar-refractivity contribution >= 4 is 5.91 Å². The number of carbonyl (C=O) groups is 1. The minimum atomic E-state index is -0.420. The Hall–Kier alpha value is -0.610. The van der Waals surface area contributed by atoms with E-state index in [1.807, 2.05) is 0 Å². The van der Waals surface area contributed by atoms with Gasteiger partial charge in [0.2, 0.25) is 0 Å². The lowest BCUT2D eigenvalue weighted by atomic mass is 9.48. The zero-order valence-electron chi connectivity index (χ0n) is 10.3. The van der Waals surface area contributed by atoms with Gasteiger partial charge in [-0.1, -0.05) is 0 Å². The number of amides is 1. The van der Waals surface area contributed by atoms with Gasteiger partial charge in [0.1, 0.15) is 0 Å². The first-order valence-electron chi connectivity index (χ1n) is 6.86. The van der Waals surface area contributed by atoms with Gasteiger partial charge in [-0.25, -0.2) is 5.84 Å². The Balaban J connectivity index is 1.72. The molecule has 0 aliphatic heterocycles. The Morgan fingerprint density at radius 2 is 1.65 bits per heavy atom. The summed E-state index contributed by atoms with van der Waals surface area (Å²) in [4.78, 5) is 11.5.